The molecule has 0 bridgehead atoms. The van der Waals surface area contributed by atoms with E-state index >= 15 is 0 Å². The van der Waals surface area contributed by atoms with Crippen molar-refractivity contribution < 1.29 is 13.6 Å². The second-order valence-corrected chi connectivity index (χ2v) is 7.30. The van der Waals surface area contributed by atoms with Gasteiger partial charge in [0.1, 0.15) is 0 Å². The number of carbonyl (C=O) groups is 1. The van der Waals surface area contributed by atoms with E-state index in [0.29, 0.717) is 25.9 Å². The first-order chi connectivity index (χ1) is 12.0. The molecule has 5 nitrogen and oxygen atoms in total. The van der Waals surface area contributed by atoms with Crippen molar-refractivity contribution in [2.24, 2.45) is 5.92 Å². The second-order valence-electron chi connectivity index (χ2n) is 7.30. The van der Waals surface area contributed by atoms with Crippen LogP contribution in [-0.2, 0) is 4.79 Å². The van der Waals surface area contributed by atoms with Crippen LogP contribution in [0.25, 0.3) is 11.0 Å². The van der Waals surface area contributed by atoms with Gasteiger partial charge in [0.05, 0.1) is 6.20 Å². The Morgan fingerprint density at radius 2 is 2.04 bits per heavy atom. The summed E-state index contributed by atoms with van der Waals surface area (Å²) in [5, 5.41) is 7.84. The number of nitrogens with zero attached hydrogens (tertiary/aromatic N) is 3. The Labute approximate surface area is 144 Å². The summed E-state index contributed by atoms with van der Waals surface area (Å²) in [6, 6.07) is 3.99. The molecule has 1 saturated heterocycles. The number of hydrogen-bond donors (Lipinski definition) is 1. The fraction of sp³-hybridized carbons (Fsp3) is 0.611. The van der Waals surface area contributed by atoms with Crippen LogP contribution in [0.2, 0.25) is 0 Å². The normalized spacial score (nSPS) is 24.6. The first kappa shape index (κ1) is 16.4. The lowest BCUT2D eigenvalue weighted by Gasteiger charge is -2.36. The van der Waals surface area contributed by atoms with Crippen LogP contribution in [0.4, 0.5) is 8.78 Å². The minimum absolute atomic E-state index is 0.0443. The molecular weight excluding hydrogens is 326 g/mol. The molecular formula is C18H22F2N4O. The van der Waals surface area contributed by atoms with Crippen molar-refractivity contribution in [2.75, 3.05) is 13.1 Å². The number of aromatic nitrogens is 3. The van der Waals surface area contributed by atoms with Gasteiger partial charge in [0, 0.05) is 48.8 Å². The molecule has 0 unspecified atom stereocenters. The molecule has 4 rings (SSSR count). The first-order valence-corrected chi connectivity index (χ1v) is 8.98. The van der Waals surface area contributed by atoms with Crippen LogP contribution < -0.4 is 0 Å². The lowest BCUT2D eigenvalue weighted by Crippen LogP contribution is -2.44. The minimum Gasteiger partial charge on any atom is -0.342 e. The molecule has 25 heavy (non-hydrogen) atoms. The highest BCUT2D eigenvalue weighted by Gasteiger charge is 2.39. The quantitative estimate of drug-likeness (QED) is 0.904. The molecule has 1 atom stereocenters. The van der Waals surface area contributed by atoms with Gasteiger partial charge < -0.3 is 4.90 Å². The molecule has 2 aromatic rings. The molecule has 0 aromatic carbocycles. The molecule has 0 spiro atoms. The maximum absolute atomic E-state index is 13.3. The van der Waals surface area contributed by atoms with E-state index < -0.39 is 5.92 Å². The van der Waals surface area contributed by atoms with Gasteiger partial charge in [0.25, 0.3) is 0 Å². The Balaban J connectivity index is 1.44. The number of piperidine rings is 1. The van der Waals surface area contributed by atoms with E-state index in [-0.39, 0.29) is 30.6 Å². The number of aromatic amines is 1. The van der Waals surface area contributed by atoms with Crippen LogP contribution in [0.15, 0.2) is 18.3 Å². The highest BCUT2D eigenvalue weighted by atomic mass is 19.3. The average molecular weight is 348 g/mol. The van der Waals surface area contributed by atoms with E-state index in [1.807, 2.05) is 17.0 Å². The van der Waals surface area contributed by atoms with E-state index in [9.17, 15) is 13.6 Å². The van der Waals surface area contributed by atoms with Crippen molar-refractivity contribution >= 4 is 16.9 Å². The largest absolute Gasteiger partial charge is 0.342 e. The number of halogens is 2. The van der Waals surface area contributed by atoms with Gasteiger partial charge in [-0.25, -0.2) is 13.8 Å². The average Bonchev–Trinajstić information content (AvgIpc) is 3.09. The SMILES string of the molecule is O=C(C1CCC(F)(F)CC1)N1CCC[C@H](c2ccc3cn[nH]c3n2)C1. The smallest absolute Gasteiger partial charge is 0.248 e. The molecule has 2 aromatic heterocycles. The third kappa shape index (κ3) is 3.37. The second kappa shape index (κ2) is 6.35. The van der Waals surface area contributed by atoms with Crippen LogP contribution >= 0.6 is 0 Å². The van der Waals surface area contributed by atoms with Gasteiger partial charge in [0.2, 0.25) is 11.8 Å². The molecule has 1 aliphatic carbocycles. The van der Waals surface area contributed by atoms with Gasteiger partial charge in [0.15, 0.2) is 5.65 Å². The molecule has 2 fully saturated rings. The standard InChI is InChI=1S/C18H22F2N4O/c19-18(20)7-5-12(6-8-18)17(25)24-9-1-2-14(11-24)15-4-3-13-10-21-23-16(13)22-15/h3-4,10,12,14H,1-2,5-9,11H2,(H,21,22,23)/t14-/m0/s1. The lowest BCUT2D eigenvalue weighted by molar-refractivity contribution is -0.140. The Morgan fingerprint density at radius 3 is 2.84 bits per heavy atom. The Kier molecular flexibility index (Phi) is 4.17. The van der Waals surface area contributed by atoms with E-state index in [0.717, 1.165) is 29.6 Å². The topological polar surface area (TPSA) is 61.9 Å². The van der Waals surface area contributed by atoms with Crippen molar-refractivity contribution in [2.45, 2.75) is 50.4 Å². The Morgan fingerprint density at radius 1 is 1.24 bits per heavy atom. The van der Waals surface area contributed by atoms with Gasteiger partial charge >= 0.3 is 0 Å². The maximum atomic E-state index is 13.3. The molecule has 134 valence electrons. The number of hydrogen-bond acceptors (Lipinski definition) is 3. The van der Waals surface area contributed by atoms with Gasteiger partial charge in [-0.15, -0.1) is 0 Å². The summed E-state index contributed by atoms with van der Waals surface area (Å²) in [4.78, 5) is 19.2. The number of carbonyl (C=O) groups excluding carboxylic acids is 1. The highest BCUT2D eigenvalue weighted by Crippen LogP contribution is 2.37. The maximum Gasteiger partial charge on any atom is 0.248 e. The fourth-order valence-electron chi connectivity index (χ4n) is 4.03. The molecule has 7 heteroatoms. The monoisotopic (exact) mass is 348 g/mol. The number of pyridine rings is 1. The zero-order valence-electron chi connectivity index (χ0n) is 14.0. The highest BCUT2D eigenvalue weighted by molar-refractivity contribution is 5.79. The van der Waals surface area contributed by atoms with Crippen LogP contribution in [0.3, 0.4) is 0 Å². The molecule has 1 N–H and O–H groups in total. The van der Waals surface area contributed by atoms with Crippen molar-refractivity contribution in [3.05, 3.63) is 24.0 Å². The molecule has 0 radical (unpaired) electrons. The third-order valence-electron chi connectivity index (χ3n) is 5.54. The van der Waals surface area contributed by atoms with Crippen LogP contribution in [0.1, 0.15) is 50.1 Å². The van der Waals surface area contributed by atoms with E-state index in [1.165, 1.54) is 0 Å². The first-order valence-electron chi connectivity index (χ1n) is 8.98. The van der Waals surface area contributed by atoms with Gasteiger partial charge in [-0.2, -0.15) is 5.10 Å². The van der Waals surface area contributed by atoms with Gasteiger partial charge in [-0.05, 0) is 37.8 Å². The summed E-state index contributed by atoms with van der Waals surface area (Å²) in [5.74, 6) is -2.61. The molecule has 1 saturated carbocycles. The summed E-state index contributed by atoms with van der Waals surface area (Å²) < 4.78 is 26.7. The summed E-state index contributed by atoms with van der Waals surface area (Å²) in [5.41, 5.74) is 1.72. The number of nitrogens with one attached hydrogen (secondary N) is 1. The minimum atomic E-state index is -2.59. The van der Waals surface area contributed by atoms with Crippen molar-refractivity contribution in [1.29, 1.82) is 0 Å². The third-order valence-corrected chi connectivity index (χ3v) is 5.54. The van der Waals surface area contributed by atoms with Crippen molar-refractivity contribution in [3.8, 4) is 0 Å². The molecule has 3 heterocycles. The predicted molar refractivity (Wildman–Crippen MR) is 89.3 cm³/mol. The summed E-state index contributed by atoms with van der Waals surface area (Å²) in [6.07, 6.45) is 3.90. The summed E-state index contributed by atoms with van der Waals surface area (Å²) in [7, 11) is 0. The molecule has 1 aliphatic heterocycles. The van der Waals surface area contributed by atoms with E-state index in [2.05, 4.69) is 15.2 Å². The van der Waals surface area contributed by atoms with E-state index in [1.54, 1.807) is 6.20 Å². The summed E-state index contributed by atoms with van der Waals surface area (Å²) in [6.45, 7) is 1.34. The van der Waals surface area contributed by atoms with Crippen molar-refractivity contribution in [1.82, 2.24) is 20.1 Å². The number of rotatable bonds is 2. The van der Waals surface area contributed by atoms with Gasteiger partial charge in [-0.3, -0.25) is 9.89 Å². The van der Waals surface area contributed by atoms with Crippen molar-refractivity contribution in [3.63, 3.8) is 0 Å². The van der Waals surface area contributed by atoms with Gasteiger partial charge in [-0.1, -0.05) is 0 Å². The van der Waals surface area contributed by atoms with Crippen LogP contribution in [-0.4, -0.2) is 45.0 Å². The molecule has 2 aliphatic rings. The Bertz CT molecular complexity index is 765. The summed E-state index contributed by atoms with van der Waals surface area (Å²) >= 11 is 0. The molecule has 1 amide bonds. The number of amides is 1. The zero-order chi connectivity index (χ0) is 17.4. The van der Waals surface area contributed by atoms with E-state index in [4.69, 9.17) is 0 Å². The Hall–Kier alpha value is -2.05. The fourth-order valence-corrected chi connectivity index (χ4v) is 4.03. The number of likely N-dealkylation sites (tertiary alicyclic amines) is 1. The van der Waals surface area contributed by atoms with Crippen LogP contribution in [0, 0.1) is 5.92 Å². The lowest BCUT2D eigenvalue weighted by atomic mass is 9.85. The van der Waals surface area contributed by atoms with Crippen LogP contribution in [0.5, 0.6) is 0 Å². The zero-order valence-corrected chi connectivity index (χ0v) is 14.0. The number of H-pyrrole nitrogens is 1. The number of alkyl halides is 2. The number of fused-ring (bicyclic) bond motifs is 1. The predicted octanol–water partition coefficient (Wildman–Crippen LogP) is 3.49.